The minimum absolute atomic E-state index is 0.0770. The van der Waals surface area contributed by atoms with Gasteiger partial charge in [0.15, 0.2) is 6.19 Å². The zero-order valence-corrected chi connectivity index (χ0v) is 23.9. The molecule has 0 bridgehead atoms. The second-order valence-electron chi connectivity index (χ2n) is 10.2. The van der Waals surface area contributed by atoms with Gasteiger partial charge in [-0.2, -0.15) is 5.26 Å². The fourth-order valence-corrected chi connectivity index (χ4v) is 6.27. The Morgan fingerprint density at radius 2 is 1.90 bits per heavy atom. The first-order chi connectivity index (χ1) is 19.1. The Hall–Kier alpha value is -2.30. The number of morpholine rings is 1. The molecular formula is C27H45N7O4S. The predicted octanol–water partition coefficient (Wildman–Crippen LogP) is 3.35. The number of nitriles is 1. The number of nitrogens with zero attached hydrogens (tertiary/aromatic N) is 5. The van der Waals surface area contributed by atoms with Gasteiger partial charge in [0.05, 0.1) is 32.1 Å². The summed E-state index contributed by atoms with van der Waals surface area (Å²) in [7, 11) is -3.51. The van der Waals surface area contributed by atoms with Crippen molar-refractivity contribution < 1.29 is 18.0 Å². The van der Waals surface area contributed by atoms with E-state index in [0.29, 0.717) is 57.8 Å². The van der Waals surface area contributed by atoms with Crippen molar-refractivity contribution in [3.8, 4) is 6.19 Å². The Balaban J connectivity index is 1.39. The van der Waals surface area contributed by atoms with Gasteiger partial charge < -0.3 is 10.1 Å². The zero-order chi connectivity index (χ0) is 27.6. The lowest BCUT2D eigenvalue weighted by Crippen LogP contribution is -2.43. The average molecular weight is 564 g/mol. The van der Waals surface area contributed by atoms with Crippen LogP contribution in [0.5, 0.6) is 0 Å². The fourth-order valence-electron chi connectivity index (χ4n) is 4.91. The average Bonchev–Trinajstić information content (AvgIpc) is 2.96. The van der Waals surface area contributed by atoms with Crippen molar-refractivity contribution in [3.63, 3.8) is 0 Å². The Kier molecular flexibility index (Phi) is 14.5. The molecule has 39 heavy (non-hydrogen) atoms. The highest BCUT2D eigenvalue weighted by molar-refractivity contribution is 7.88. The van der Waals surface area contributed by atoms with E-state index in [2.05, 4.69) is 25.5 Å². The summed E-state index contributed by atoms with van der Waals surface area (Å²) in [6, 6.07) is 3.58. The van der Waals surface area contributed by atoms with Gasteiger partial charge in [-0.05, 0) is 37.3 Å². The number of anilines is 1. The summed E-state index contributed by atoms with van der Waals surface area (Å²) in [4.78, 5) is 16.5. The molecular weight excluding hydrogens is 518 g/mol. The molecule has 0 aromatic carbocycles. The molecule has 2 fully saturated rings. The van der Waals surface area contributed by atoms with Gasteiger partial charge in [0, 0.05) is 44.3 Å². The predicted molar refractivity (Wildman–Crippen MR) is 152 cm³/mol. The number of nitrogens with one attached hydrogen (secondary N) is 2. The van der Waals surface area contributed by atoms with Gasteiger partial charge in [0.1, 0.15) is 0 Å². The molecule has 0 amide bonds. The van der Waals surface area contributed by atoms with E-state index in [-0.39, 0.29) is 5.75 Å². The number of aromatic nitrogens is 1. The lowest BCUT2D eigenvalue weighted by Gasteiger charge is -2.29. The van der Waals surface area contributed by atoms with Crippen LogP contribution in [-0.2, 0) is 19.6 Å². The molecule has 1 aliphatic heterocycles. The highest BCUT2D eigenvalue weighted by atomic mass is 32.2. The molecule has 0 radical (unpaired) electrons. The van der Waals surface area contributed by atoms with E-state index in [9.17, 15) is 8.42 Å². The number of hydrogen-bond donors (Lipinski definition) is 2. The lowest BCUT2D eigenvalue weighted by atomic mass is 9.87. The highest BCUT2D eigenvalue weighted by Gasteiger charge is 2.25. The smallest absolute Gasteiger partial charge is 0.236 e. The summed E-state index contributed by atoms with van der Waals surface area (Å²) in [6.45, 7) is 5.00. The first-order valence-electron chi connectivity index (χ1n) is 14.4. The minimum Gasteiger partial charge on any atom is -0.379 e. The van der Waals surface area contributed by atoms with Crippen LogP contribution < -0.4 is 10.6 Å². The molecule has 218 valence electrons. The number of sulfonamides is 1. The lowest BCUT2D eigenvalue weighted by molar-refractivity contribution is -0.0952. The van der Waals surface area contributed by atoms with Crippen LogP contribution in [0.4, 0.5) is 5.69 Å². The molecule has 0 unspecified atom stereocenters. The molecule has 1 aliphatic carbocycles. The number of guanidine groups is 1. The van der Waals surface area contributed by atoms with Gasteiger partial charge in [-0.1, -0.05) is 49.4 Å². The molecule has 1 aromatic heterocycles. The van der Waals surface area contributed by atoms with Crippen LogP contribution in [0.2, 0.25) is 0 Å². The Bertz CT molecular complexity index is 976. The van der Waals surface area contributed by atoms with Crippen molar-refractivity contribution in [1.29, 1.82) is 5.26 Å². The molecule has 1 saturated heterocycles. The molecule has 11 nitrogen and oxygen atoms in total. The summed E-state index contributed by atoms with van der Waals surface area (Å²) in [5.41, 5.74) is 0.788. The van der Waals surface area contributed by atoms with Crippen molar-refractivity contribution in [3.05, 3.63) is 24.5 Å². The SMILES string of the molecule is N#CNC(=NCCCCCCS(=O)(=O)N(CCN1CCOCC1)OCCC1CCCCC1)Nc1ccncc1. The van der Waals surface area contributed by atoms with Crippen molar-refractivity contribution >= 4 is 21.7 Å². The van der Waals surface area contributed by atoms with E-state index in [0.717, 1.165) is 44.5 Å². The molecule has 1 aromatic rings. The standard InChI is InChI=1S/C27H45N7O4S/c28-24-31-27(32-26-10-14-29-15-11-26)30-13-6-1-2-7-23-39(35,36)34(17-16-33-18-21-37-22-19-33)38-20-12-25-8-4-3-5-9-25/h10-11,14-15,25H,1-9,12-13,16-23H2,(H2,29,30,31,32). The van der Waals surface area contributed by atoms with E-state index >= 15 is 0 Å². The number of ether oxygens (including phenoxy) is 1. The molecule has 3 rings (SSSR count). The van der Waals surface area contributed by atoms with Crippen molar-refractivity contribution in [2.45, 2.75) is 64.2 Å². The van der Waals surface area contributed by atoms with Gasteiger partial charge >= 0.3 is 0 Å². The number of aliphatic imine (C=N–C) groups is 1. The number of rotatable bonds is 16. The topological polar surface area (TPSA) is 132 Å². The van der Waals surface area contributed by atoms with Crippen molar-refractivity contribution in [2.75, 3.05) is 63.6 Å². The first-order valence-corrected chi connectivity index (χ1v) is 16.0. The third kappa shape index (κ3) is 12.6. The maximum absolute atomic E-state index is 13.2. The maximum Gasteiger partial charge on any atom is 0.236 e. The van der Waals surface area contributed by atoms with E-state index in [1.807, 2.05) is 6.19 Å². The summed E-state index contributed by atoms with van der Waals surface area (Å²) < 4.78 is 33.1. The largest absolute Gasteiger partial charge is 0.379 e. The molecule has 12 heteroatoms. The molecule has 2 N–H and O–H groups in total. The van der Waals surface area contributed by atoms with E-state index < -0.39 is 10.0 Å². The number of pyridine rings is 1. The third-order valence-electron chi connectivity index (χ3n) is 7.20. The Labute approximate surface area is 234 Å². The van der Waals surface area contributed by atoms with Gasteiger partial charge in [0.2, 0.25) is 16.0 Å². The van der Waals surface area contributed by atoms with Crippen molar-refractivity contribution in [2.24, 2.45) is 10.9 Å². The normalized spacial score (nSPS) is 17.7. The van der Waals surface area contributed by atoms with Crippen LogP contribution >= 0.6 is 0 Å². The first kappa shape index (κ1) is 31.2. The second kappa shape index (κ2) is 18.1. The molecule has 0 spiro atoms. The third-order valence-corrected chi connectivity index (χ3v) is 8.91. The molecule has 2 heterocycles. The Morgan fingerprint density at radius 3 is 2.64 bits per heavy atom. The van der Waals surface area contributed by atoms with Crippen LogP contribution in [0.3, 0.4) is 0 Å². The van der Waals surface area contributed by atoms with E-state index in [1.165, 1.54) is 36.6 Å². The number of unbranched alkanes of at least 4 members (excludes halogenated alkanes) is 3. The molecule has 2 aliphatic rings. The van der Waals surface area contributed by atoms with E-state index in [1.54, 1.807) is 24.5 Å². The molecule has 1 saturated carbocycles. The number of hydroxylamine groups is 1. The van der Waals surface area contributed by atoms with Crippen LogP contribution in [-0.4, -0.2) is 87.0 Å². The summed E-state index contributed by atoms with van der Waals surface area (Å²) in [5, 5.41) is 14.6. The van der Waals surface area contributed by atoms with Crippen molar-refractivity contribution in [1.82, 2.24) is 19.7 Å². The van der Waals surface area contributed by atoms with E-state index in [4.69, 9.17) is 14.8 Å². The van der Waals surface area contributed by atoms with Gasteiger partial charge in [-0.3, -0.25) is 25.0 Å². The quantitative estimate of drug-likeness (QED) is 0.0776. The number of hydrogen-bond acceptors (Lipinski definition) is 8. The van der Waals surface area contributed by atoms with Crippen LogP contribution in [0.25, 0.3) is 0 Å². The van der Waals surface area contributed by atoms with Crippen LogP contribution in [0, 0.1) is 17.4 Å². The van der Waals surface area contributed by atoms with Gasteiger partial charge in [-0.25, -0.2) is 8.42 Å². The second-order valence-corrected chi connectivity index (χ2v) is 12.1. The fraction of sp³-hybridized carbons (Fsp3) is 0.741. The van der Waals surface area contributed by atoms with Gasteiger partial charge in [0.25, 0.3) is 0 Å². The van der Waals surface area contributed by atoms with Gasteiger partial charge in [-0.15, -0.1) is 0 Å². The van der Waals surface area contributed by atoms with Crippen LogP contribution in [0.15, 0.2) is 29.5 Å². The summed E-state index contributed by atoms with van der Waals surface area (Å²) >= 11 is 0. The monoisotopic (exact) mass is 563 g/mol. The minimum atomic E-state index is -3.51. The van der Waals surface area contributed by atoms with Crippen LogP contribution in [0.1, 0.15) is 64.2 Å². The Morgan fingerprint density at radius 1 is 1.15 bits per heavy atom. The highest BCUT2D eigenvalue weighted by Crippen LogP contribution is 2.26. The zero-order valence-electron chi connectivity index (χ0n) is 23.1. The maximum atomic E-state index is 13.2. The summed E-state index contributed by atoms with van der Waals surface area (Å²) in [6.07, 6.45) is 15.4. The molecule has 0 atom stereocenters. The summed E-state index contributed by atoms with van der Waals surface area (Å²) in [5.74, 6) is 1.11.